The molecule has 3 rings (SSSR count). The predicted octanol–water partition coefficient (Wildman–Crippen LogP) is 4.15. The number of esters is 1. The van der Waals surface area contributed by atoms with E-state index in [-0.39, 0.29) is 12.4 Å². The standard InChI is InChI=1S/C22H19FN2O3S/c1-15-4-10-18(11-5-15)29-21-19(3-2-12-24-21)22(27)28-14-20(26)25-13-16-6-8-17(23)9-7-16/h2-12H,13-14H2,1H3,(H,25,26). The van der Waals surface area contributed by atoms with Crippen LogP contribution in [0, 0.1) is 12.7 Å². The minimum Gasteiger partial charge on any atom is -0.452 e. The summed E-state index contributed by atoms with van der Waals surface area (Å²) in [6.45, 7) is 1.81. The van der Waals surface area contributed by atoms with Crippen molar-refractivity contribution in [3.8, 4) is 0 Å². The number of ether oxygens (including phenoxy) is 1. The molecule has 0 aliphatic heterocycles. The van der Waals surface area contributed by atoms with Crippen LogP contribution in [0.2, 0.25) is 0 Å². The Kier molecular flexibility index (Phi) is 6.97. The number of nitrogens with zero attached hydrogens (tertiary/aromatic N) is 1. The molecule has 1 N–H and O–H groups in total. The van der Waals surface area contributed by atoms with Gasteiger partial charge in [-0.1, -0.05) is 41.6 Å². The van der Waals surface area contributed by atoms with Crippen LogP contribution >= 0.6 is 11.8 Å². The van der Waals surface area contributed by atoms with E-state index in [1.807, 2.05) is 31.2 Å². The summed E-state index contributed by atoms with van der Waals surface area (Å²) < 4.78 is 18.0. The molecular formula is C22H19FN2O3S. The number of rotatable bonds is 7. The number of carbonyl (C=O) groups excluding carboxylic acids is 2. The minimum atomic E-state index is -0.621. The monoisotopic (exact) mass is 410 g/mol. The quantitative estimate of drug-likeness (QED) is 0.593. The summed E-state index contributed by atoms with van der Waals surface area (Å²) in [4.78, 5) is 29.6. The highest BCUT2D eigenvalue weighted by atomic mass is 32.2. The highest BCUT2D eigenvalue weighted by Crippen LogP contribution is 2.29. The minimum absolute atomic E-state index is 0.220. The lowest BCUT2D eigenvalue weighted by Crippen LogP contribution is -2.28. The second-order valence-electron chi connectivity index (χ2n) is 6.25. The normalized spacial score (nSPS) is 10.4. The smallest absolute Gasteiger partial charge is 0.341 e. The summed E-state index contributed by atoms with van der Waals surface area (Å²) in [5.74, 6) is -1.41. The molecule has 7 heteroatoms. The Morgan fingerprint density at radius 1 is 1.07 bits per heavy atom. The molecule has 3 aromatic rings. The van der Waals surface area contributed by atoms with E-state index in [0.717, 1.165) is 16.0 Å². The SMILES string of the molecule is Cc1ccc(Sc2ncccc2C(=O)OCC(=O)NCc2ccc(F)cc2)cc1. The number of aromatic nitrogens is 1. The number of hydrogen-bond acceptors (Lipinski definition) is 5. The van der Waals surface area contributed by atoms with E-state index in [1.165, 1.54) is 23.9 Å². The Morgan fingerprint density at radius 3 is 2.52 bits per heavy atom. The Labute approximate surface area is 172 Å². The van der Waals surface area contributed by atoms with E-state index >= 15 is 0 Å². The lowest BCUT2D eigenvalue weighted by atomic mass is 10.2. The fourth-order valence-corrected chi connectivity index (χ4v) is 3.28. The Balaban J connectivity index is 1.55. The van der Waals surface area contributed by atoms with E-state index < -0.39 is 18.5 Å². The second kappa shape index (κ2) is 9.84. The zero-order chi connectivity index (χ0) is 20.6. The first kappa shape index (κ1) is 20.5. The number of benzene rings is 2. The number of hydrogen-bond donors (Lipinski definition) is 1. The molecule has 2 aromatic carbocycles. The van der Waals surface area contributed by atoms with Gasteiger partial charge in [0.1, 0.15) is 10.8 Å². The van der Waals surface area contributed by atoms with Crippen molar-refractivity contribution in [1.82, 2.24) is 10.3 Å². The molecule has 1 amide bonds. The van der Waals surface area contributed by atoms with Crippen LogP contribution in [-0.4, -0.2) is 23.5 Å². The van der Waals surface area contributed by atoms with Crippen molar-refractivity contribution in [2.24, 2.45) is 0 Å². The van der Waals surface area contributed by atoms with Crippen LogP contribution in [0.15, 0.2) is 76.8 Å². The molecule has 0 aliphatic rings. The van der Waals surface area contributed by atoms with Gasteiger partial charge in [0.2, 0.25) is 0 Å². The van der Waals surface area contributed by atoms with Crippen LogP contribution in [0.5, 0.6) is 0 Å². The van der Waals surface area contributed by atoms with Crippen LogP contribution in [0.4, 0.5) is 4.39 Å². The predicted molar refractivity (Wildman–Crippen MR) is 108 cm³/mol. The van der Waals surface area contributed by atoms with Crippen LogP contribution in [0.25, 0.3) is 0 Å². The maximum atomic E-state index is 12.9. The van der Waals surface area contributed by atoms with Crippen molar-refractivity contribution in [1.29, 1.82) is 0 Å². The topological polar surface area (TPSA) is 68.3 Å². The Hall–Kier alpha value is -3.19. The Morgan fingerprint density at radius 2 is 1.79 bits per heavy atom. The molecule has 5 nitrogen and oxygen atoms in total. The van der Waals surface area contributed by atoms with Crippen molar-refractivity contribution < 1.29 is 18.7 Å². The van der Waals surface area contributed by atoms with Gasteiger partial charge >= 0.3 is 5.97 Å². The van der Waals surface area contributed by atoms with Gasteiger partial charge in [-0.3, -0.25) is 4.79 Å². The van der Waals surface area contributed by atoms with Crippen LogP contribution in [0.3, 0.4) is 0 Å². The first-order valence-electron chi connectivity index (χ1n) is 8.89. The third kappa shape index (κ3) is 6.15. The molecule has 1 aromatic heterocycles. The molecular weight excluding hydrogens is 391 g/mol. The second-order valence-corrected chi connectivity index (χ2v) is 7.31. The molecule has 0 fully saturated rings. The summed E-state index contributed by atoms with van der Waals surface area (Å²) in [5, 5.41) is 3.13. The van der Waals surface area contributed by atoms with Crippen LogP contribution in [0.1, 0.15) is 21.5 Å². The summed E-state index contributed by atoms with van der Waals surface area (Å²) in [6, 6.07) is 16.9. The molecule has 0 saturated heterocycles. The number of aryl methyl sites for hydroxylation is 1. The highest BCUT2D eigenvalue weighted by molar-refractivity contribution is 7.99. The zero-order valence-corrected chi connectivity index (χ0v) is 16.5. The van der Waals surface area contributed by atoms with E-state index in [0.29, 0.717) is 10.6 Å². The fraction of sp³-hybridized carbons (Fsp3) is 0.136. The summed E-state index contributed by atoms with van der Waals surface area (Å²) >= 11 is 1.35. The average molecular weight is 410 g/mol. The fourth-order valence-electron chi connectivity index (χ4n) is 2.41. The highest BCUT2D eigenvalue weighted by Gasteiger charge is 2.16. The third-order valence-electron chi connectivity index (χ3n) is 3.96. The van der Waals surface area contributed by atoms with E-state index in [9.17, 15) is 14.0 Å². The first-order chi connectivity index (χ1) is 14.0. The zero-order valence-electron chi connectivity index (χ0n) is 15.7. The van der Waals surface area contributed by atoms with Gasteiger partial charge in [0.15, 0.2) is 6.61 Å². The van der Waals surface area contributed by atoms with E-state index in [1.54, 1.807) is 30.5 Å². The molecule has 0 atom stereocenters. The lowest BCUT2D eigenvalue weighted by molar-refractivity contribution is -0.124. The van der Waals surface area contributed by atoms with Crippen molar-refractivity contribution in [3.63, 3.8) is 0 Å². The molecule has 0 radical (unpaired) electrons. The Bertz CT molecular complexity index is 992. The van der Waals surface area contributed by atoms with E-state index in [2.05, 4.69) is 10.3 Å². The van der Waals surface area contributed by atoms with Crippen molar-refractivity contribution in [2.45, 2.75) is 23.4 Å². The number of halogens is 1. The molecule has 0 spiro atoms. The van der Waals surface area contributed by atoms with Gasteiger partial charge < -0.3 is 10.1 Å². The maximum Gasteiger partial charge on any atom is 0.341 e. The maximum absolute atomic E-state index is 12.9. The van der Waals surface area contributed by atoms with Gasteiger partial charge in [-0.15, -0.1) is 0 Å². The molecule has 29 heavy (non-hydrogen) atoms. The van der Waals surface area contributed by atoms with Crippen molar-refractivity contribution in [3.05, 3.63) is 89.4 Å². The number of carbonyl (C=O) groups is 2. The van der Waals surface area contributed by atoms with Crippen LogP contribution in [-0.2, 0) is 16.1 Å². The largest absolute Gasteiger partial charge is 0.452 e. The summed E-state index contributed by atoms with van der Waals surface area (Å²) in [7, 11) is 0. The molecule has 0 saturated carbocycles. The van der Waals surface area contributed by atoms with Gasteiger partial charge in [-0.25, -0.2) is 14.2 Å². The molecule has 148 valence electrons. The van der Waals surface area contributed by atoms with Crippen LogP contribution < -0.4 is 5.32 Å². The van der Waals surface area contributed by atoms with E-state index in [4.69, 9.17) is 4.74 Å². The van der Waals surface area contributed by atoms with Gasteiger partial charge in [0, 0.05) is 17.6 Å². The number of amides is 1. The summed E-state index contributed by atoms with van der Waals surface area (Å²) in [5.41, 5.74) is 2.18. The number of pyridine rings is 1. The molecule has 0 bridgehead atoms. The third-order valence-corrected chi connectivity index (χ3v) is 4.99. The molecule has 0 unspecified atom stereocenters. The lowest BCUT2D eigenvalue weighted by Gasteiger charge is -2.09. The molecule has 1 heterocycles. The van der Waals surface area contributed by atoms with Gasteiger partial charge in [0.25, 0.3) is 5.91 Å². The molecule has 0 aliphatic carbocycles. The summed E-state index contributed by atoms with van der Waals surface area (Å²) in [6.07, 6.45) is 1.60. The van der Waals surface area contributed by atoms with Gasteiger partial charge in [-0.05, 0) is 48.9 Å². The average Bonchev–Trinajstić information content (AvgIpc) is 2.73. The van der Waals surface area contributed by atoms with Gasteiger partial charge in [0.05, 0.1) is 5.56 Å². The first-order valence-corrected chi connectivity index (χ1v) is 9.71. The van der Waals surface area contributed by atoms with Crippen molar-refractivity contribution >= 4 is 23.6 Å². The number of nitrogens with one attached hydrogen (secondary N) is 1. The van der Waals surface area contributed by atoms with Crippen molar-refractivity contribution in [2.75, 3.05) is 6.61 Å². The van der Waals surface area contributed by atoms with Gasteiger partial charge in [-0.2, -0.15) is 0 Å².